The first-order chi connectivity index (χ1) is 10.1. The fourth-order valence-electron chi connectivity index (χ4n) is 3.17. The van der Waals surface area contributed by atoms with Crippen molar-refractivity contribution in [3.63, 3.8) is 0 Å². The average Bonchev–Trinajstić information content (AvgIpc) is 3.09. The molecule has 1 aromatic heterocycles. The molecule has 0 aliphatic heterocycles. The number of nitrogens with two attached hydrogens (primary N) is 1. The molecule has 0 bridgehead atoms. The summed E-state index contributed by atoms with van der Waals surface area (Å²) < 4.78 is 28.5. The van der Waals surface area contributed by atoms with Crippen molar-refractivity contribution in [2.75, 3.05) is 5.73 Å². The molecule has 0 saturated heterocycles. The number of benzene rings is 1. The number of halogens is 2. The third kappa shape index (κ3) is 2.41. The van der Waals surface area contributed by atoms with Gasteiger partial charge in [0.1, 0.15) is 17.3 Å². The van der Waals surface area contributed by atoms with Gasteiger partial charge in [-0.15, -0.1) is 0 Å². The number of hydrogen-bond acceptors (Lipinski definition) is 2. The van der Waals surface area contributed by atoms with Crippen LogP contribution in [0.15, 0.2) is 18.2 Å². The van der Waals surface area contributed by atoms with Crippen molar-refractivity contribution in [3.8, 4) is 11.3 Å². The Morgan fingerprint density at radius 1 is 1.24 bits per heavy atom. The third-order valence-electron chi connectivity index (χ3n) is 4.27. The van der Waals surface area contributed by atoms with Gasteiger partial charge in [0.15, 0.2) is 11.6 Å². The molecule has 0 radical (unpaired) electrons. The fourth-order valence-corrected chi connectivity index (χ4v) is 3.17. The molecule has 1 heterocycles. The van der Waals surface area contributed by atoms with Crippen LogP contribution in [0.3, 0.4) is 0 Å². The summed E-state index contributed by atoms with van der Waals surface area (Å²) in [5.74, 6) is 0.201. The Balaban J connectivity index is 2.08. The smallest absolute Gasteiger partial charge is 0.159 e. The Hall–Kier alpha value is -1.91. The zero-order valence-corrected chi connectivity index (χ0v) is 12.1. The molecule has 5 heteroatoms. The second-order valence-corrected chi connectivity index (χ2v) is 5.56. The van der Waals surface area contributed by atoms with Crippen molar-refractivity contribution in [2.24, 2.45) is 0 Å². The van der Waals surface area contributed by atoms with Gasteiger partial charge in [0, 0.05) is 18.0 Å². The van der Waals surface area contributed by atoms with Crippen molar-refractivity contribution >= 4 is 5.82 Å². The molecule has 3 rings (SSSR count). The molecule has 0 spiro atoms. The largest absolute Gasteiger partial charge is 0.383 e. The lowest BCUT2D eigenvalue weighted by atomic mass is 10.1. The maximum Gasteiger partial charge on any atom is 0.159 e. The topological polar surface area (TPSA) is 43.8 Å². The van der Waals surface area contributed by atoms with Gasteiger partial charge in [-0.2, -0.15) is 0 Å². The predicted molar refractivity (Wildman–Crippen MR) is 78.9 cm³/mol. The van der Waals surface area contributed by atoms with Gasteiger partial charge in [-0.05, 0) is 38.0 Å². The van der Waals surface area contributed by atoms with Crippen LogP contribution >= 0.6 is 0 Å². The molecule has 112 valence electrons. The van der Waals surface area contributed by atoms with Crippen LogP contribution < -0.4 is 5.73 Å². The Labute approximate surface area is 122 Å². The van der Waals surface area contributed by atoms with E-state index in [0.717, 1.165) is 37.3 Å². The van der Waals surface area contributed by atoms with Gasteiger partial charge in [0.05, 0.1) is 0 Å². The molecule has 2 aromatic rings. The van der Waals surface area contributed by atoms with Gasteiger partial charge in [-0.1, -0.05) is 12.8 Å². The highest BCUT2D eigenvalue weighted by Gasteiger charge is 2.25. The molecule has 1 aromatic carbocycles. The predicted octanol–water partition coefficient (Wildman–Crippen LogP) is 4.09. The van der Waals surface area contributed by atoms with Gasteiger partial charge in [-0.3, -0.25) is 0 Å². The van der Waals surface area contributed by atoms with E-state index >= 15 is 0 Å². The van der Waals surface area contributed by atoms with Crippen LogP contribution in [0.1, 0.15) is 44.3 Å². The van der Waals surface area contributed by atoms with Crippen molar-refractivity contribution in [1.29, 1.82) is 0 Å². The highest BCUT2D eigenvalue weighted by Crippen LogP contribution is 2.37. The number of rotatable bonds is 3. The maximum absolute atomic E-state index is 13.4. The summed E-state index contributed by atoms with van der Waals surface area (Å²) in [6.07, 6.45) is 4.66. The van der Waals surface area contributed by atoms with Crippen molar-refractivity contribution in [2.45, 2.75) is 45.1 Å². The van der Waals surface area contributed by atoms with E-state index in [-0.39, 0.29) is 0 Å². The third-order valence-corrected chi connectivity index (χ3v) is 4.27. The zero-order chi connectivity index (χ0) is 15.0. The molecule has 1 saturated carbocycles. The highest BCUT2D eigenvalue weighted by molar-refractivity contribution is 5.71. The molecule has 3 nitrogen and oxygen atoms in total. The van der Waals surface area contributed by atoms with E-state index in [0.29, 0.717) is 23.0 Å². The summed E-state index contributed by atoms with van der Waals surface area (Å²) in [6.45, 7) is 2.75. The van der Waals surface area contributed by atoms with Crippen LogP contribution in [-0.4, -0.2) is 9.55 Å². The van der Waals surface area contributed by atoms with Gasteiger partial charge in [0.25, 0.3) is 0 Å². The highest BCUT2D eigenvalue weighted by atomic mass is 19.2. The zero-order valence-electron chi connectivity index (χ0n) is 12.1. The minimum absolute atomic E-state index is 0.422. The van der Waals surface area contributed by atoms with Crippen LogP contribution in [0.4, 0.5) is 14.6 Å². The molecule has 2 N–H and O–H groups in total. The van der Waals surface area contributed by atoms with Crippen molar-refractivity contribution < 1.29 is 8.78 Å². The Kier molecular flexibility index (Phi) is 3.66. The summed E-state index contributed by atoms with van der Waals surface area (Å²) in [4.78, 5) is 4.65. The monoisotopic (exact) mass is 291 g/mol. The maximum atomic E-state index is 13.4. The number of nitrogens with zero attached hydrogens (tertiary/aromatic N) is 2. The lowest BCUT2D eigenvalue weighted by Gasteiger charge is -2.11. The normalized spacial score (nSPS) is 15.8. The molecule has 0 unspecified atom stereocenters. The second kappa shape index (κ2) is 5.47. The van der Waals surface area contributed by atoms with Crippen LogP contribution in [0, 0.1) is 11.6 Å². The summed E-state index contributed by atoms with van der Waals surface area (Å²) in [6, 6.07) is 3.80. The van der Waals surface area contributed by atoms with E-state index in [2.05, 4.69) is 4.98 Å². The SMILES string of the molecule is CCn1c(C2CCCC2)nc(-c2ccc(F)c(F)c2)c1N. The Morgan fingerprint density at radius 2 is 1.95 bits per heavy atom. The summed E-state index contributed by atoms with van der Waals surface area (Å²) in [5.41, 5.74) is 7.27. The first-order valence-electron chi connectivity index (χ1n) is 7.43. The molecule has 0 amide bonds. The van der Waals surface area contributed by atoms with E-state index in [1.54, 1.807) is 0 Å². The first-order valence-corrected chi connectivity index (χ1v) is 7.43. The van der Waals surface area contributed by atoms with E-state index < -0.39 is 11.6 Å². The summed E-state index contributed by atoms with van der Waals surface area (Å²) in [5, 5.41) is 0. The van der Waals surface area contributed by atoms with Crippen LogP contribution in [-0.2, 0) is 6.54 Å². The minimum Gasteiger partial charge on any atom is -0.383 e. The number of nitrogen functional groups attached to an aromatic ring is 1. The molecule has 1 aliphatic carbocycles. The minimum atomic E-state index is -0.875. The van der Waals surface area contributed by atoms with E-state index in [1.165, 1.54) is 18.9 Å². The molecule has 0 atom stereocenters. The van der Waals surface area contributed by atoms with Crippen LogP contribution in [0.5, 0.6) is 0 Å². The lowest BCUT2D eigenvalue weighted by Crippen LogP contribution is -2.08. The van der Waals surface area contributed by atoms with E-state index in [9.17, 15) is 8.78 Å². The molecular formula is C16H19F2N3. The standard InChI is InChI=1S/C16H19F2N3/c1-2-21-15(19)14(11-7-8-12(17)13(18)9-11)20-16(21)10-5-3-4-6-10/h7-10H,2-6,19H2,1H3. The number of anilines is 1. The molecular weight excluding hydrogens is 272 g/mol. The van der Waals surface area contributed by atoms with Gasteiger partial charge >= 0.3 is 0 Å². The molecule has 1 fully saturated rings. The number of aromatic nitrogens is 2. The quantitative estimate of drug-likeness (QED) is 0.925. The molecule has 1 aliphatic rings. The Morgan fingerprint density at radius 3 is 2.57 bits per heavy atom. The summed E-state index contributed by atoms with van der Waals surface area (Å²) in [7, 11) is 0. The molecule has 21 heavy (non-hydrogen) atoms. The van der Waals surface area contributed by atoms with Crippen LogP contribution in [0.2, 0.25) is 0 Å². The van der Waals surface area contributed by atoms with Gasteiger partial charge in [0.2, 0.25) is 0 Å². The first kappa shape index (κ1) is 14.0. The Bertz CT molecular complexity index is 658. The number of imidazole rings is 1. The summed E-state index contributed by atoms with van der Waals surface area (Å²) >= 11 is 0. The van der Waals surface area contributed by atoms with Crippen molar-refractivity contribution in [3.05, 3.63) is 35.7 Å². The van der Waals surface area contributed by atoms with E-state index in [1.807, 2.05) is 11.5 Å². The van der Waals surface area contributed by atoms with Crippen molar-refractivity contribution in [1.82, 2.24) is 9.55 Å². The fraction of sp³-hybridized carbons (Fsp3) is 0.438. The van der Waals surface area contributed by atoms with Gasteiger partial charge < -0.3 is 10.3 Å². The lowest BCUT2D eigenvalue weighted by molar-refractivity contribution is 0.509. The average molecular weight is 291 g/mol. The van der Waals surface area contributed by atoms with E-state index in [4.69, 9.17) is 5.73 Å². The van der Waals surface area contributed by atoms with Crippen LogP contribution in [0.25, 0.3) is 11.3 Å². The van der Waals surface area contributed by atoms with Gasteiger partial charge in [-0.25, -0.2) is 13.8 Å². The second-order valence-electron chi connectivity index (χ2n) is 5.56. The number of hydrogen-bond donors (Lipinski definition) is 1.